The van der Waals surface area contributed by atoms with Crippen molar-refractivity contribution in [3.05, 3.63) is 18.2 Å². The van der Waals surface area contributed by atoms with Gasteiger partial charge in [-0.3, -0.25) is 4.79 Å². The van der Waals surface area contributed by atoms with E-state index in [0.717, 1.165) is 5.82 Å². The number of rotatable bonds is 2. The second-order valence-electron chi connectivity index (χ2n) is 5.70. The van der Waals surface area contributed by atoms with E-state index < -0.39 is 17.4 Å². The van der Waals surface area contributed by atoms with Gasteiger partial charge in [-0.2, -0.15) is 0 Å². The first-order valence-corrected chi connectivity index (χ1v) is 6.87. The first-order chi connectivity index (χ1) is 10.0. The van der Waals surface area contributed by atoms with Gasteiger partial charge in [-0.15, -0.1) is 0 Å². The second kappa shape index (κ2) is 5.03. The first-order valence-electron chi connectivity index (χ1n) is 6.87. The monoisotopic (exact) mass is 294 g/mol. The molecule has 0 spiro atoms. The molecule has 2 aliphatic rings. The van der Waals surface area contributed by atoms with Crippen LogP contribution in [0.15, 0.2) is 12.4 Å². The van der Waals surface area contributed by atoms with Crippen molar-refractivity contribution in [3.63, 3.8) is 0 Å². The van der Waals surface area contributed by atoms with Crippen molar-refractivity contribution in [2.45, 2.75) is 26.1 Å². The molecule has 2 N–H and O–H groups in total. The fraction of sp³-hybridized carbons (Fsp3) is 0.615. The number of imidazole rings is 1. The number of hydrogen-bond acceptors (Lipinski definition) is 4. The number of carbonyl (C=O) groups excluding carboxylic acids is 1. The summed E-state index contributed by atoms with van der Waals surface area (Å²) in [6.07, 6.45) is 3.60. The smallest absolute Gasteiger partial charge is 0.318 e. The fourth-order valence-corrected chi connectivity index (χ4v) is 2.67. The van der Waals surface area contributed by atoms with Crippen LogP contribution in [0.2, 0.25) is 0 Å². The number of aliphatic carboxylic acids is 1. The maximum absolute atomic E-state index is 12.3. The van der Waals surface area contributed by atoms with Gasteiger partial charge in [0.25, 0.3) is 0 Å². The quantitative estimate of drug-likeness (QED) is 0.794. The third-order valence-corrected chi connectivity index (χ3v) is 4.27. The third kappa shape index (κ3) is 2.35. The minimum atomic E-state index is -1.08. The zero-order valence-corrected chi connectivity index (χ0v) is 11.8. The number of hydrogen-bond donors (Lipinski definition) is 2. The highest BCUT2D eigenvalue weighted by Crippen LogP contribution is 2.29. The van der Waals surface area contributed by atoms with E-state index in [2.05, 4.69) is 10.3 Å². The summed E-state index contributed by atoms with van der Waals surface area (Å²) in [6, 6.07) is -0.795. The van der Waals surface area contributed by atoms with E-state index in [0.29, 0.717) is 19.6 Å². The largest absolute Gasteiger partial charge is 0.481 e. The topological polar surface area (TPSA) is 96.7 Å². The Kier molecular flexibility index (Phi) is 3.32. The van der Waals surface area contributed by atoms with Crippen LogP contribution in [0, 0.1) is 5.41 Å². The molecule has 3 rings (SSSR count). The molecule has 114 valence electrons. The van der Waals surface area contributed by atoms with E-state index in [1.165, 1.54) is 0 Å². The lowest BCUT2D eigenvalue weighted by molar-refractivity contribution is -0.148. The summed E-state index contributed by atoms with van der Waals surface area (Å²) in [5.74, 6) is -0.125. The average Bonchev–Trinajstić information content (AvgIpc) is 3.06. The normalized spacial score (nSPS) is 28.2. The van der Waals surface area contributed by atoms with Crippen LogP contribution in [0.4, 0.5) is 4.79 Å². The minimum Gasteiger partial charge on any atom is -0.481 e. The number of nitrogens with zero attached hydrogens (tertiary/aromatic N) is 3. The minimum absolute atomic E-state index is 0.109. The van der Waals surface area contributed by atoms with Crippen molar-refractivity contribution in [3.8, 4) is 0 Å². The molecule has 0 aromatic carbocycles. The maximum atomic E-state index is 12.3. The Hall–Kier alpha value is -2.09. The van der Waals surface area contributed by atoms with E-state index >= 15 is 0 Å². The molecule has 1 aromatic rings. The third-order valence-electron chi connectivity index (χ3n) is 4.27. The van der Waals surface area contributed by atoms with Gasteiger partial charge in [0.1, 0.15) is 11.2 Å². The Bertz CT molecular complexity index is 572. The van der Waals surface area contributed by atoms with Crippen molar-refractivity contribution >= 4 is 12.0 Å². The molecule has 1 saturated heterocycles. The molecule has 21 heavy (non-hydrogen) atoms. The van der Waals surface area contributed by atoms with Crippen molar-refractivity contribution in [2.24, 2.45) is 5.41 Å². The highest BCUT2D eigenvalue weighted by Gasteiger charge is 2.47. The average molecular weight is 294 g/mol. The summed E-state index contributed by atoms with van der Waals surface area (Å²) < 4.78 is 7.24. The SMILES string of the molecule is CC1(C(=O)O)COCC1NC(=O)N1CCn2ccnc2C1. The van der Waals surface area contributed by atoms with Gasteiger partial charge in [-0.1, -0.05) is 0 Å². The molecule has 1 aromatic heterocycles. The molecule has 0 saturated carbocycles. The lowest BCUT2D eigenvalue weighted by Crippen LogP contribution is -2.54. The highest BCUT2D eigenvalue weighted by atomic mass is 16.5. The zero-order chi connectivity index (χ0) is 15.0. The molecule has 1 fully saturated rings. The number of ether oxygens (including phenoxy) is 1. The van der Waals surface area contributed by atoms with Crippen molar-refractivity contribution in [1.29, 1.82) is 0 Å². The van der Waals surface area contributed by atoms with E-state index in [1.807, 2.05) is 10.8 Å². The lowest BCUT2D eigenvalue weighted by atomic mass is 9.85. The summed E-state index contributed by atoms with van der Waals surface area (Å²) in [6.45, 7) is 3.62. The van der Waals surface area contributed by atoms with Gasteiger partial charge in [-0.05, 0) is 6.92 Å². The van der Waals surface area contributed by atoms with Gasteiger partial charge in [-0.25, -0.2) is 9.78 Å². The number of aromatic nitrogens is 2. The first kappa shape index (κ1) is 13.9. The van der Waals surface area contributed by atoms with Crippen LogP contribution >= 0.6 is 0 Å². The Balaban J connectivity index is 1.66. The molecule has 8 nitrogen and oxygen atoms in total. The molecule has 3 heterocycles. The summed E-state index contributed by atoms with van der Waals surface area (Å²) in [4.78, 5) is 29.5. The maximum Gasteiger partial charge on any atom is 0.318 e. The van der Waals surface area contributed by atoms with Crippen LogP contribution < -0.4 is 5.32 Å². The molecular weight excluding hydrogens is 276 g/mol. The molecule has 2 atom stereocenters. The number of amides is 2. The Labute approximate surface area is 121 Å². The van der Waals surface area contributed by atoms with E-state index in [4.69, 9.17) is 4.74 Å². The van der Waals surface area contributed by atoms with Gasteiger partial charge in [0.05, 0.1) is 25.8 Å². The van der Waals surface area contributed by atoms with E-state index in [9.17, 15) is 14.7 Å². The number of carbonyl (C=O) groups is 2. The summed E-state index contributed by atoms with van der Waals surface area (Å²) in [5, 5.41) is 12.1. The standard InChI is InChI=1S/C13H18N4O4/c1-13(11(18)19)8-21-7-9(13)15-12(20)17-5-4-16-3-2-14-10(16)6-17/h2-3,9H,4-8H2,1H3,(H,15,20)(H,18,19). The van der Waals surface area contributed by atoms with E-state index in [1.54, 1.807) is 18.0 Å². The molecule has 2 unspecified atom stereocenters. The molecule has 2 aliphatic heterocycles. The number of fused-ring (bicyclic) bond motifs is 1. The Morgan fingerprint density at radius 2 is 2.33 bits per heavy atom. The van der Waals surface area contributed by atoms with Crippen LogP contribution in [-0.2, 0) is 22.6 Å². The number of carboxylic acid groups (broad SMARTS) is 1. The highest BCUT2D eigenvalue weighted by molar-refractivity contribution is 5.79. The van der Waals surface area contributed by atoms with Gasteiger partial charge >= 0.3 is 12.0 Å². The second-order valence-corrected chi connectivity index (χ2v) is 5.70. The van der Waals surface area contributed by atoms with Gasteiger partial charge in [0.2, 0.25) is 0 Å². The van der Waals surface area contributed by atoms with Crippen LogP contribution in [0.5, 0.6) is 0 Å². The zero-order valence-electron chi connectivity index (χ0n) is 11.8. The van der Waals surface area contributed by atoms with Crippen LogP contribution in [0.25, 0.3) is 0 Å². The molecular formula is C13H18N4O4. The van der Waals surface area contributed by atoms with Gasteiger partial charge < -0.3 is 24.6 Å². The predicted octanol–water partition coefficient (Wildman–Crippen LogP) is -0.102. The molecule has 0 bridgehead atoms. The molecule has 0 radical (unpaired) electrons. The van der Waals surface area contributed by atoms with Gasteiger partial charge in [0, 0.05) is 25.5 Å². The lowest BCUT2D eigenvalue weighted by Gasteiger charge is -2.31. The molecule has 2 amide bonds. The summed E-state index contributed by atoms with van der Waals surface area (Å²) in [7, 11) is 0. The van der Waals surface area contributed by atoms with Crippen molar-refractivity contribution < 1.29 is 19.4 Å². The number of nitrogens with one attached hydrogen (secondary N) is 1. The predicted molar refractivity (Wildman–Crippen MR) is 71.5 cm³/mol. The summed E-state index contributed by atoms with van der Waals surface area (Å²) in [5.41, 5.74) is -1.08. The fourth-order valence-electron chi connectivity index (χ4n) is 2.67. The Morgan fingerprint density at radius 1 is 1.52 bits per heavy atom. The summed E-state index contributed by atoms with van der Waals surface area (Å²) >= 11 is 0. The Morgan fingerprint density at radius 3 is 3.10 bits per heavy atom. The molecule has 0 aliphatic carbocycles. The van der Waals surface area contributed by atoms with Crippen LogP contribution in [-0.4, -0.2) is 57.4 Å². The van der Waals surface area contributed by atoms with Crippen LogP contribution in [0.3, 0.4) is 0 Å². The van der Waals surface area contributed by atoms with E-state index in [-0.39, 0.29) is 19.2 Å². The van der Waals surface area contributed by atoms with Gasteiger partial charge in [0.15, 0.2) is 0 Å². The number of carboxylic acids is 1. The van der Waals surface area contributed by atoms with Crippen LogP contribution in [0.1, 0.15) is 12.7 Å². The number of urea groups is 1. The molecule has 8 heteroatoms. The van der Waals surface area contributed by atoms with Crippen molar-refractivity contribution in [1.82, 2.24) is 19.8 Å². The van der Waals surface area contributed by atoms with Crippen molar-refractivity contribution in [2.75, 3.05) is 19.8 Å².